The summed E-state index contributed by atoms with van der Waals surface area (Å²) in [6, 6.07) is 22.4. The summed E-state index contributed by atoms with van der Waals surface area (Å²) < 4.78 is 6.08. The van der Waals surface area contributed by atoms with Gasteiger partial charge in [0, 0.05) is 16.3 Å². The molecule has 3 heteroatoms. The Balaban J connectivity index is 1.86. The van der Waals surface area contributed by atoms with E-state index in [0.29, 0.717) is 5.88 Å². The summed E-state index contributed by atoms with van der Waals surface area (Å²) in [6.07, 6.45) is 0. The average Bonchev–Trinajstić information content (AvgIpc) is 2.66. The number of hydrogen-bond acceptors (Lipinski definition) is 3. The highest BCUT2D eigenvalue weighted by Crippen LogP contribution is 2.34. The number of hydrogen-bond donors (Lipinski definition) is 0. The molecular formula is C23H20N2O. The summed E-state index contributed by atoms with van der Waals surface area (Å²) >= 11 is 0. The van der Waals surface area contributed by atoms with Crippen molar-refractivity contribution in [1.82, 2.24) is 10.2 Å². The van der Waals surface area contributed by atoms with Crippen LogP contribution in [0.25, 0.3) is 22.0 Å². The van der Waals surface area contributed by atoms with E-state index in [-0.39, 0.29) is 0 Å². The minimum Gasteiger partial charge on any atom is -0.437 e. The smallest absolute Gasteiger partial charge is 0.246 e. The van der Waals surface area contributed by atoms with E-state index in [1.807, 2.05) is 49.4 Å². The highest BCUT2D eigenvalue weighted by atomic mass is 16.5. The van der Waals surface area contributed by atoms with Crippen molar-refractivity contribution in [2.75, 3.05) is 0 Å². The van der Waals surface area contributed by atoms with Crippen molar-refractivity contribution in [3.05, 3.63) is 83.4 Å². The van der Waals surface area contributed by atoms with Crippen molar-refractivity contribution in [3.8, 4) is 22.9 Å². The second-order valence-corrected chi connectivity index (χ2v) is 6.57. The lowest BCUT2D eigenvalue weighted by atomic mass is 10.0. The average molecular weight is 340 g/mol. The summed E-state index contributed by atoms with van der Waals surface area (Å²) in [4.78, 5) is 0. The zero-order chi connectivity index (χ0) is 18.1. The minimum absolute atomic E-state index is 0.530. The monoisotopic (exact) mass is 340 g/mol. The molecule has 128 valence electrons. The van der Waals surface area contributed by atoms with E-state index in [9.17, 15) is 0 Å². The molecule has 0 radical (unpaired) electrons. The summed E-state index contributed by atoms with van der Waals surface area (Å²) in [5.41, 5.74) is 5.52. The lowest BCUT2D eigenvalue weighted by Gasteiger charge is -2.12. The number of fused-ring (bicyclic) bond motifs is 1. The fourth-order valence-corrected chi connectivity index (χ4v) is 3.03. The Hall–Kier alpha value is -3.20. The topological polar surface area (TPSA) is 35.0 Å². The third kappa shape index (κ3) is 2.92. The molecule has 3 nitrogen and oxygen atoms in total. The first-order valence-corrected chi connectivity index (χ1v) is 8.70. The number of rotatable bonds is 3. The van der Waals surface area contributed by atoms with Crippen LogP contribution in [0.1, 0.15) is 16.7 Å². The molecule has 0 saturated heterocycles. The fraction of sp³-hybridized carbons (Fsp3) is 0.130. The third-order valence-electron chi connectivity index (χ3n) is 4.73. The molecule has 0 atom stereocenters. The molecule has 0 N–H and O–H groups in total. The molecule has 0 bridgehead atoms. The predicted octanol–water partition coefficient (Wildman–Crippen LogP) is 6.01. The zero-order valence-electron chi connectivity index (χ0n) is 15.2. The van der Waals surface area contributed by atoms with Crippen molar-refractivity contribution >= 4 is 10.8 Å². The van der Waals surface area contributed by atoms with E-state index in [1.165, 1.54) is 11.1 Å². The second kappa shape index (κ2) is 6.60. The van der Waals surface area contributed by atoms with Crippen molar-refractivity contribution in [2.45, 2.75) is 20.8 Å². The van der Waals surface area contributed by atoms with Crippen LogP contribution in [-0.4, -0.2) is 10.2 Å². The molecule has 0 aliphatic heterocycles. The SMILES string of the molecule is Cc1ccc(-c2nnc(Oc3ccccc3C)c3ccccc23)cc1C. The van der Waals surface area contributed by atoms with E-state index >= 15 is 0 Å². The number of aromatic nitrogens is 2. The summed E-state index contributed by atoms with van der Waals surface area (Å²) in [7, 11) is 0. The fourth-order valence-electron chi connectivity index (χ4n) is 3.03. The lowest BCUT2D eigenvalue weighted by molar-refractivity contribution is 0.459. The van der Waals surface area contributed by atoms with Gasteiger partial charge in [0.25, 0.3) is 0 Å². The van der Waals surface area contributed by atoms with Gasteiger partial charge in [-0.2, -0.15) is 0 Å². The minimum atomic E-state index is 0.530. The molecule has 0 aliphatic carbocycles. The molecule has 3 aromatic carbocycles. The van der Waals surface area contributed by atoms with E-state index in [1.54, 1.807) is 0 Å². The summed E-state index contributed by atoms with van der Waals surface area (Å²) in [5.74, 6) is 1.33. The molecule has 4 rings (SSSR count). The Kier molecular flexibility index (Phi) is 4.13. The maximum absolute atomic E-state index is 6.08. The van der Waals surface area contributed by atoms with Crippen LogP contribution >= 0.6 is 0 Å². The first-order valence-electron chi connectivity index (χ1n) is 8.70. The molecule has 0 unspecified atom stereocenters. The molecule has 26 heavy (non-hydrogen) atoms. The number of para-hydroxylation sites is 1. The molecule has 1 heterocycles. The van der Waals surface area contributed by atoms with E-state index in [2.05, 4.69) is 48.3 Å². The van der Waals surface area contributed by atoms with E-state index in [0.717, 1.165) is 33.3 Å². The highest BCUT2D eigenvalue weighted by Gasteiger charge is 2.13. The van der Waals surface area contributed by atoms with Gasteiger partial charge in [-0.15, -0.1) is 10.2 Å². The Morgan fingerprint density at radius 2 is 1.38 bits per heavy atom. The van der Waals surface area contributed by atoms with Gasteiger partial charge in [-0.3, -0.25) is 0 Å². The van der Waals surface area contributed by atoms with Crippen LogP contribution in [0.4, 0.5) is 0 Å². The van der Waals surface area contributed by atoms with Gasteiger partial charge >= 0.3 is 0 Å². The summed E-state index contributed by atoms with van der Waals surface area (Å²) in [5, 5.41) is 10.9. The van der Waals surface area contributed by atoms with Gasteiger partial charge in [0.05, 0.1) is 0 Å². The van der Waals surface area contributed by atoms with Gasteiger partial charge in [0.1, 0.15) is 11.4 Å². The van der Waals surface area contributed by atoms with E-state index < -0.39 is 0 Å². The van der Waals surface area contributed by atoms with Crippen LogP contribution in [-0.2, 0) is 0 Å². The molecule has 4 aromatic rings. The first kappa shape index (κ1) is 16.3. The maximum atomic E-state index is 6.08. The van der Waals surface area contributed by atoms with Gasteiger partial charge in [-0.05, 0) is 55.7 Å². The predicted molar refractivity (Wildman–Crippen MR) is 106 cm³/mol. The quantitative estimate of drug-likeness (QED) is 0.458. The zero-order valence-corrected chi connectivity index (χ0v) is 15.2. The van der Waals surface area contributed by atoms with Gasteiger partial charge in [-0.1, -0.05) is 48.5 Å². The highest BCUT2D eigenvalue weighted by molar-refractivity contribution is 5.97. The van der Waals surface area contributed by atoms with Gasteiger partial charge in [-0.25, -0.2) is 0 Å². The Labute approximate surface area is 153 Å². The van der Waals surface area contributed by atoms with Crippen LogP contribution in [0.15, 0.2) is 66.7 Å². The van der Waals surface area contributed by atoms with Crippen LogP contribution < -0.4 is 4.74 Å². The normalized spacial score (nSPS) is 10.9. The van der Waals surface area contributed by atoms with Crippen LogP contribution in [0.2, 0.25) is 0 Å². The largest absolute Gasteiger partial charge is 0.437 e. The standard InChI is InChI=1S/C23H20N2O/c1-15-12-13-18(14-17(15)3)22-19-9-5-6-10-20(19)23(25-24-22)26-21-11-7-4-8-16(21)2/h4-14H,1-3H3. The van der Waals surface area contributed by atoms with Crippen molar-refractivity contribution in [2.24, 2.45) is 0 Å². The van der Waals surface area contributed by atoms with Crippen LogP contribution in [0.3, 0.4) is 0 Å². The second-order valence-electron chi connectivity index (χ2n) is 6.57. The van der Waals surface area contributed by atoms with Crippen molar-refractivity contribution < 1.29 is 4.74 Å². The van der Waals surface area contributed by atoms with Gasteiger partial charge in [0.2, 0.25) is 5.88 Å². The lowest BCUT2D eigenvalue weighted by Crippen LogP contribution is -1.97. The molecule has 0 aliphatic rings. The van der Waals surface area contributed by atoms with Crippen LogP contribution in [0.5, 0.6) is 11.6 Å². The molecule has 0 spiro atoms. The number of benzene rings is 3. The molecular weight excluding hydrogens is 320 g/mol. The van der Waals surface area contributed by atoms with Gasteiger partial charge < -0.3 is 4.74 Å². The number of nitrogens with zero attached hydrogens (tertiary/aromatic N) is 2. The maximum Gasteiger partial charge on any atom is 0.246 e. The number of aryl methyl sites for hydroxylation is 3. The third-order valence-corrected chi connectivity index (χ3v) is 4.73. The molecule has 0 saturated carbocycles. The first-order chi connectivity index (χ1) is 12.6. The van der Waals surface area contributed by atoms with Gasteiger partial charge in [0.15, 0.2) is 0 Å². The molecule has 0 amide bonds. The Bertz CT molecular complexity index is 1100. The summed E-state index contributed by atoms with van der Waals surface area (Å²) in [6.45, 7) is 6.25. The molecule has 0 fully saturated rings. The van der Waals surface area contributed by atoms with Crippen molar-refractivity contribution in [3.63, 3.8) is 0 Å². The molecule has 1 aromatic heterocycles. The Morgan fingerprint density at radius 3 is 2.15 bits per heavy atom. The van der Waals surface area contributed by atoms with Crippen LogP contribution in [0, 0.1) is 20.8 Å². The number of ether oxygens (including phenoxy) is 1. The Morgan fingerprint density at radius 1 is 0.654 bits per heavy atom. The van der Waals surface area contributed by atoms with Crippen molar-refractivity contribution in [1.29, 1.82) is 0 Å². The van der Waals surface area contributed by atoms with E-state index in [4.69, 9.17) is 4.74 Å².